The lowest BCUT2D eigenvalue weighted by molar-refractivity contribution is -0.152. The Labute approximate surface area is 151 Å². The van der Waals surface area contributed by atoms with Gasteiger partial charge in [0.15, 0.2) is 5.79 Å². The third kappa shape index (κ3) is 4.18. The maximum atomic E-state index is 11.9. The minimum absolute atomic E-state index is 0.0330. The molecule has 2 aliphatic rings. The van der Waals surface area contributed by atoms with Crippen LogP contribution in [0.3, 0.4) is 0 Å². The molecule has 1 aliphatic carbocycles. The Kier molecular flexibility index (Phi) is 5.08. The highest BCUT2D eigenvalue weighted by molar-refractivity contribution is 7.79. The molecule has 0 saturated carbocycles. The molecule has 25 heavy (non-hydrogen) atoms. The van der Waals surface area contributed by atoms with Crippen LogP contribution in [-0.2, 0) is 23.7 Å². The third-order valence-corrected chi connectivity index (χ3v) is 4.14. The second kappa shape index (κ2) is 7.11. The van der Waals surface area contributed by atoms with E-state index in [0.717, 1.165) is 0 Å². The van der Waals surface area contributed by atoms with Crippen molar-refractivity contribution >= 4 is 23.4 Å². The Balaban J connectivity index is 1.74. The number of benzene rings is 1. The van der Waals surface area contributed by atoms with Crippen molar-refractivity contribution in [1.29, 1.82) is 0 Å². The van der Waals surface area contributed by atoms with Gasteiger partial charge in [0.25, 0.3) is 0 Å². The largest absolute Gasteiger partial charge is 0.466 e. The number of hydrogen-bond donors (Lipinski definition) is 0. The van der Waals surface area contributed by atoms with Crippen LogP contribution in [0.2, 0.25) is 0 Å². The van der Waals surface area contributed by atoms with Gasteiger partial charge in [-0.3, -0.25) is 0 Å². The first-order valence-electron chi connectivity index (χ1n) is 7.96. The van der Waals surface area contributed by atoms with E-state index in [0.29, 0.717) is 17.7 Å². The Morgan fingerprint density at radius 3 is 2.64 bits per heavy atom. The fraction of sp³-hybridized carbons (Fsp3) is 0.444. The van der Waals surface area contributed by atoms with Gasteiger partial charge < -0.3 is 23.7 Å². The van der Waals surface area contributed by atoms with E-state index >= 15 is 0 Å². The molecule has 3 atom stereocenters. The van der Waals surface area contributed by atoms with Crippen molar-refractivity contribution < 1.29 is 28.5 Å². The van der Waals surface area contributed by atoms with Crippen LogP contribution in [0, 0.1) is 0 Å². The van der Waals surface area contributed by atoms with Crippen molar-refractivity contribution in [3.63, 3.8) is 0 Å². The predicted octanol–water partition coefficient (Wildman–Crippen LogP) is 2.76. The Hall–Kier alpha value is -1.96. The average Bonchev–Trinajstić information content (AvgIpc) is 2.89. The number of ether oxygens (including phenoxy) is 5. The van der Waals surface area contributed by atoms with Crippen LogP contribution in [0.4, 0.5) is 0 Å². The van der Waals surface area contributed by atoms with Crippen LogP contribution in [0.25, 0.3) is 0 Å². The Bertz CT molecular complexity index is 684. The van der Waals surface area contributed by atoms with Gasteiger partial charge in [0.05, 0.1) is 7.11 Å². The number of hydrogen-bond acceptors (Lipinski definition) is 7. The van der Waals surface area contributed by atoms with Gasteiger partial charge in [-0.05, 0) is 32.1 Å². The van der Waals surface area contributed by atoms with Gasteiger partial charge in [0, 0.05) is 24.2 Å². The fourth-order valence-corrected chi connectivity index (χ4v) is 3.18. The highest BCUT2D eigenvalue weighted by atomic mass is 32.1. The molecule has 0 unspecified atom stereocenters. The van der Waals surface area contributed by atoms with Crippen molar-refractivity contribution in [2.45, 2.75) is 44.4 Å². The van der Waals surface area contributed by atoms with Gasteiger partial charge in [-0.1, -0.05) is 18.2 Å². The van der Waals surface area contributed by atoms with Crippen molar-refractivity contribution in [2.24, 2.45) is 0 Å². The van der Waals surface area contributed by atoms with E-state index in [9.17, 15) is 4.79 Å². The SMILES string of the molecule is COC(=O)C1=C[C@@H]2OC(C)(C)O[C@@H]2[C@H](OC(=S)Oc2ccccc2)C1. The van der Waals surface area contributed by atoms with Crippen molar-refractivity contribution in [2.75, 3.05) is 7.11 Å². The van der Waals surface area contributed by atoms with E-state index in [-0.39, 0.29) is 11.3 Å². The van der Waals surface area contributed by atoms with Crippen LogP contribution < -0.4 is 4.74 Å². The Morgan fingerprint density at radius 1 is 1.24 bits per heavy atom. The van der Waals surface area contributed by atoms with E-state index in [1.807, 2.05) is 32.0 Å². The number of methoxy groups -OCH3 is 1. The molecule has 0 amide bonds. The Morgan fingerprint density at radius 2 is 1.96 bits per heavy atom. The lowest BCUT2D eigenvalue weighted by Gasteiger charge is -2.30. The molecule has 1 aromatic carbocycles. The second-order valence-corrected chi connectivity index (χ2v) is 6.61. The number of carbonyl (C=O) groups excluding carboxylic acids is 1. The van der Waals surface area contributed by atoms with Crippen molar-refractivity contribution in [1.82, 2.24) is 0 Å². The molecule has 0 aromatic heterocycles. The molecule has 134 valence electrons. The summed E-state index contributed by atoms with van der Waals surface area (Å²) >= 11 is 5.19. The lowest BCUT2D eigenvalue weighted by Crippen LogP contribution is -2.42. The number of para-hydroxylation sites is 1. The fourth-order valence-electron chi connectivity index (χ4n) is 2.96. The van der Waals surface area contributed by atoms with Gasteiger partial charge in [0.1, 0.15) is 24.1 Å². The topological polar surface area (TPSA) is 63.2 Å². The van der Waals surface area contributed by atoms with Gasteiger partial charge >= 0.3 is 11.2 Å². The van der Waals surface area contributed by atoms with E-state index in [1.54, 1.807) is 18.2 Å². The highest BCUT2D eigenvalue weighted by Crippen LogP contribution is 2.37. The minimum Gasteiger partial charge on any atom is -0.466 e. The summed E-state index contributed by atoms with van der Waals surface area (Å²) in [5.74, 6) is -0.622. The van der Waals surface area contributed by atoms with E-state index in [1.165, 1.54) is 7.11 Å². The molecule has 0 radical (unpaired) electrons. The molecule has 0 bridgehead atoms. The summed E-state index contributed by atoms with van der Waals surface area (Å²) in [4.78, 5) is 11.9. The summed E-state index contributed by atoms with van der Waals surface area (Å²) in [6, 6.07) is 9.10. The minimum atomic E-state index is -0.777. The van der Waals surface area contributed by atoms with Crippen LogP contribution in [0.5, 0.6) is 5.75 Å². The molecule has 6 nitrogen and oxygen atoms in total. The first-order chi connectivity index (χ1) is 11.9. The molecule has 1 fully saturated rings. The molecule has 0 N–H and O–H groups in total. The van der Waals surface area contributed by atoms with Gasteiger partial charge in [-0.25, -0.2) is 4.79 Å². The van der Waals surface area contributed by atoms with E-state index in [4.69, 9.17) is 35.9 Å². The molecule has 3 rings (SSSR count). The number of esters is 1. The van der Waals surface area contributed by atoms with Gasteiger partial charge in [0.2, 0.25) is 0 Å². The first kappa shape index (κ1) is 17.8. The molecular formula is C18H20O6S. The summed E-state index contributed by atoms with van der Waals surface area (Å²) in [6.45, 7) is 3.62. The summed E-state index contributed by atoms with van der Waals surface area (Å²) < 4.78 is 27.9. The van der Waals surface area contributed by atoms with E-state index in [2.05, 4.69) is 0 Å². The number of carbonyl (C=O) groups is 1. The molecule has 0 spiro atoms. The number of thiocarbonyl (C=S) groups is 1. The zero-order chi connectivity index (χ0) is 18.0. The maximum absolute atomic E-state index is 11.9. The molecule has 1 aliphatic heterocycles. The third-order valence-electron chi connectivity index (χ3n) is 3.96. The molecule has 7 heteroatoms. The van der Waals surface area contributed by atoms with Crippen LogP contribution in [0.1, 0.15) is 20.3 Å². The second-order valence-electron chi connectivity index (χ2n) is 6.27. The lowest BCUT2D eigenvalue weighted by atomic mass is 9.92. The predicted molar refractivity (Wildman–Crippen MR) is 93.1 cm³/mol. The summed E-state index contributed by atoms with van der Waals surface area (Å²) in [5, 5.41) is -0.0330. The van der Waals surface area contributed by atoms with Crippen molar-refractivity contribution in [3.8, 4) is 5.75 Å². The molecular weight excluding hydrogens is 344 g/mol. The molecule has 1 aromatic rings. The smallest absolute Gasteiger partial charge is 0.358 e. The monoisotopic (exact) mass is 364 g/mol. The number of fused-ring (bicyclic) bond motifs is 1. The highest BCUT2D eigenvalue weighted by Gasteiger charge is 2.49. The summed E-state index contributed by atoms with van der Waals surface area (Å²) in [7, 11) is 1.34. The van der Waals surface area contributed by atoms with Crippen LogP contribution in [-0.4, -0.2) is 42.4 Å². The average molecular weight is 364 g/mol. The quantitative estimate of drug-likeness (QED) is 0.604. The zero-order valence-electron chi connectivity index (χ0n) is 14.3. The van der Waals surface area contributed by atoms with Crippen LogP contribution in [0.15, 0.2) is 42.0 Å². The summed E-state index contributed by atoms with van der Waals surface area (Å²) in [6.07, 6.45) is 0.711. The number of rotatable bonds is 3. The molecule has 1 heterocycles. The standard InChI is InChI=1S/C18H20O6S/c1-18(2)23-14-10-11(16(19)20-3)9-13(15(14)24-18)22-17(25)21-12-7-5-4-6-8-12/h4-8,10,13-15H,9H2,1-3H3/t13-,14+,15-/m1/s1. The van der Waals surface area contributed by atoms with Crippen molar-refractivity contribution in [3.05, 3.63) is 42.0 Å². The summed E-state index contributed by atoms with van der Waals surface area (Å²) in [5.41, 5.74) is 0.470. The van der Waals surface area contributed by atoms with E-state index < -0.39 is 24.0 Å². The van der Waals surface area contributed by atoms with Gasteiger partial charge in [-0.15, -0.1) is 0 Å². The zero-order valence-corrected chi connectivity index (χ0v) is 15.1. The van der Waals surface area contributed by atoms with Gasteiger partial charge in [-0.2, -0.15) is 0 Å². The normalized spacial score (nSPS) is 27.0. The molecule has 1 saturated heterocycles. The maximum Gasteiger partial charge on any atom is 0.358 e. The first-order valence-corrected chi connectivity index (χ1v) is 8.37. The van der Waals surface area contributed by atoms with Crippen LogP contribution >= 0.6 is 12.2 Å².